The molecule has 1 aromatic carbocycles. The number of aliphatic hydroxyl groups excluding tert-OH is 1. The van der Waals surface area contributed by atoms with E-state index >= 15 is 0 Å². The van der Waals surface area contributed by atoms with E-state index in [1.54, 1.807) is 19.1 Å². The van der Waals surface area contributed by atoms with Crippen LogP contribution in [0.4, 0.5) is 5.69 Å². The standard InChI is InChI=1S/C14H17N3O3/c1-9(8-18)14(20)15-11-4-2-10(3-5-11)12-6-7-13(19)17-16-12/h2-5,9,18H,6-8H2,1H3,(H,15,20)(H,17,19). The molecule has 1 aliphatic heterocycles. The quantitative estimate of drug-likeness (QED) is 0.761. The molecule has 1 aliphatic rings. The van der Waals surface area contributed by atoms with Gasteiger partial charge in [-0.1, -0.05) is 19.1 Å². The lowest BCUT2D eigenvalue weighted by atomic mass is 10.0. The molecule has 2 amide bonds. The van der Waals surface area contributed by atoms with Crippen molar-refractivity contribution in [1.29, 1.82) is 0 Å². The maximum Gasteiger partial charge on any atom is 0.240 e. The van der Waals surface area contributed by atoms with Crippen molar-refractivity contribution >= 4 is 23.2 Å². The maximum atomic E-state index is 11.6. The van der Waals surface area contributed by atoms with Crippen LogP contribution in [0.15, 0.2) is 29.4 Å². The van der Waals surface area contributed by atoms with E-state index in [1.165, 1.54) is 0 Å². The third-order valence-electron chi connectivity index (χ3n) is 3.11. The lowest BCUT2D eigenvalue weighted by Crippen LogP contribution is -2.26. The molecule has 20 heavy (non-hydrogen) atoms. The van der Waals surface area contributed by atoms with Crippen LogP contribution in [0, 0.1) is 5.92 Å². The molecule has 0 aliphatic carbocycles. The number of amides is 2. The van der Waals surface area contributed by atoms with Crippen LogP contribution < -0.4 is 10.7 Å². The highest BCUT2D eigenvalue weighted by atomic mass is 16.3. The first-order chi connectivity index (χ1) is 9.60. The van der Waals surface area contributed by atoms with Gasteiger partial charge in [0, 0.05) is 18.5 Å². The Labute approximate surface area is 116 Å². The maximum absolute atomic E-state index is 11.6. The normalized spacial score (nSPS) is 16.1. The van der Waals surface area contributed by atoms with Crippen molar-refractivity contribution in [2.75, 3.05) is 11.9 Å². The number of hydrogen-bond acceptors (Lipinski definition) is 4. The summed E-state index contributed by atoms with van der Waals surface area (Å²) in [5.74, 6) is -0.731. The van der Waals surface area contributed by atoms with Crippen molar-refractivity contribution in [3.05, 3.63) is 29.8 Å². The smallest absolute Gasteiger partial charge is 0.240 e. The molecule has 1 atom stereocenters. The van der Waals surface area contributed by atoms with E-state index < -0.39 is 5.92 Å². The van der Waals surface area contributed by atoms with Gasteiger partial charge in [0.25, 0.3) is 0 Å². The number of nitrogens with zero attached hydrogens (tertiary/aromatic N) is 1. The Hall–Kier alpha value is -2.21. The summed E-state index contributed by atoms with van der Waals surface area (Å²) < 4.78 is 0. The molecule has 0 saturated carbocycles. The lowest BCUT2D eigenvalue weighted by Gasteiger charge is -2.13. The number of nitrogens with one attached hydrogen (secondary N) is 2. The Kier molecular flexibility index (Phi) is 4.47. The van der Waals surface area contributed by atoms with Crippen molar-refractivity contribution in [1.82, 2.24) is 5.43 Å². The molecule has 0 saturated heterocycles. The summed E-state index contributed by atoms with van der Waals surface area (Å²) in [6.45, 7) is 1.48. The highest BCUT2D eigenvalue weighted by Gasteiger charge is 2.14. The van der Waals surface area contributed by atoms with Crippen LogP contribution in [0.25, 0.3) is 0 Å². The number of benzene rings is 1. The topological polar surface area (TPSA) is 90.8 Å². The van der Waals surface area contributed by atoms with Crippen LogP contribution in [0.3, 0.4) is 0 Å². The van der Waals surface area contributed by atoms with Gasteiger partial charge in [0.15, 0.2) is 0 Å². The van der Waals surface area contributed by atoms with Gasteiger partial charge >= 0.3 is 0 Å². The van der Waals surface area contributed by atoms with E-state index in [0.29, 0.717) is 18.5 Å². The summed E-state index contributed by atoms with van der Waals surface area (Å²) in [7, 11) is 0. The molecule has 2 rings (SSSR count). The average Bonchev–Trinajstić information content (AvgIpc) is 2.48. The fraction of sp³-hybridized carbons (Fsp3) is 0.357. The largest absolute Gasteiger partial charge is 0.396 e. The Bertz CT molecular complexity index is 537. The molecule has 6 nitrogen and oxygen atoms in total. The monoisotopic (exact) mass is 275 g/mol. The zero-order chi connectivity index (χ0) is 14.5. The van der Waals surface area contributed by atoms with Crippen LogP contribution in [0.2, 0.25) is 0 Å². The molecule has 3 N–H and O–H groups in total. The van der Waals surface area contributed by atoms with Crippen LogP contribution in [-0.4, -0.2) is 29.2 Å². The fourth-order valence-electron chi connectivity index (χ4n) is 1.78. The number of hydrogen-bond donors (Lipinski definition) is 3. The highest BCUT2D eigenvalue weighted by Crippen LogP contribution is 2.14. The molecule has 0 bridgehead atoms. The van der Waals surface area contributed by atoms with Crippen LogP contribution in [0.5, 0.6) is 0 Å². The Morgan fingerprint density at radius 3 is 2.65 bits per heavy atom. The minimum Gasteiger partial charge on any atom is -0.396 e. The molecule has 1 unspecified atom stereocenters. The third-order valence-corrected chi connectivity index (χ3v) is 3.11. The van der Waals surface area contributed by atoms with Crippen LogP contribution in [0.1, 0.15) is 25.3 Å². The van der Waals surface area contributed by atoms with Crippen LogP contribution in [-0.2, 0) is 9.59 Å². The third kappa shape index (κ3) is 3.42. The number of anilines is 1. The van der Waals surface area contributed by atoms with E-state index in [4.69, 9.17) is 5.11 Å². The van der Waals surface area contributed by atoms with Gasteiger partial charge in [-0.25, -0.2) is 5.43 Å². The van der Waals surface area contributed by atoms with Gasteiger partial charge in [0.1, 0.15) is 0 Å². The SMILES string of the molecule is CC(CO)C(=O)Nc1ccc(C2=NNC(=O)CC2)cc1. The van der Waals surface area contributed by atoms with E-state index in [1.807, 2.05) is 12.1 Å². The Balaban J connectivity index is 2.03. The first kappa shape index (κ1) is 14.2. The van der Waals surface area contributed by atoms with Gasteiger partial charge in [-0.2, -0.15) is 5.10 Å². The van der Waals surface area contributed by atoms with Crippen molar-refractivity contribution in [2.45, 2.75) is 19.8 Å². The predicted octanol–water partition coefficient (Wildman–Crippen LogP) is 0.868. The first-order valence-corrected chi connectivity index (χ1v) is 6.47. The van der Waals surface area contributed by atoms with Crippen LogP contribution >= 0.6 is 0 Å². The summed E-state index contributed by atoms with van der Waals surface area (Å²) in [5, 5.41) is 15.6. The highest BCUT2D eigenvalue weighted by molar-refractivity contribution is 6.04. The van der Waals surface area contributed by atoms with E-state index in [2.05, 4.69) is 15.8 Å². The van der Waals surface area contributed by atoms with Gasteiger partial charge in [-0.3, -0.25) is 9.59 Å². The van der Waals surface area contributed by atoms with Gasteiger partial charge in [0.2, 0.25) is 11.8 Å². The molecule has 6 heteroatoms. The molecule has 106 valence electrons. The number of carbonyl (C=O) groups excluding carboxylic acids is 2. The van der Waals surface area contributed by atoms with Gasteiger partial charge in [-0.05, 0) is 17.7 Å². The predicted molar refractivity (Wildman–Crippen MR) is 75.2 cm³/mol. The second kappa shape index (κ2) is 6.29. The van der Waals surface area contributed by atoms with Gasteiger partial charge in [0.05, 0.1) is 18.2 Å². The summed E-state index contributed by atoms with van der Waals surface area (Å²) in [6.07, 6.45) is 1.05. The molecular formula is C14H17N3O3. The number of aliphatic hydroxyl groups is 1. The van der Waals surface area contributed by atoms with Crippen molar-refractivity contribution < 1.29 is 14.7 Å². The van der Waals surface area contributed by atoms with E-state index in [9.17, 15) is 9.59 Å². The molecule has 1 aromatic rings. The zero-order valence-corrected chi connectivity index (χ0v) is 11.2. The Morgan fingerprint density at radius 2 is 2.10 bits per heavy atom. The second-order valence-corrected chi connectivity index (χ2v) is 4.74. The summed E-state index contributed by atoms with van der Waals surface area (Å²) in [6, 6.07) is 7.23. The zero-order valence-electron chi connectivity index (χ0n) is 11.2. The minimum atomic E-state index is -0.437. The summed E-state index contributed by atoms with van der Waals surface area (Å²) in [5.41, 5.74) is 4.86. The average molecular weight is 275 g/mol. The van der Waals surface area contributed by atoms with Crippen molar-refractivity contribution in [3.63, 3.8) is 0 Å². The number of hydrazone groups is 1. The van der Waals surface area contributed by atoms with Gasteiger partial charge < -0.3 is 10.4 Å². The molecule has 0 spiro atoms. The first-order valence-electron chi connectivity index (χ1n) is 6.47. The molecule has 1 heterocycles. The lowest BCUT2D eigenvalue weighted by molar-refractivity contribution is -0.121. The molecular weight excluding hydrogens is 258 g/mol. The minimum absolute atomic E-state index is 0.0735. The van der Waals surface area contributed by atoms with E-state index in [0.717, 1.165) is 11.3 Å². The second-order valence-electron chi connectivity index (χ2n) is 4.74. The van der Waals surface area contributed by atoms with Crippen molar-refractivity contribution in [3.8, 4) is 0 Å². The molecule has 0 fully saturated rings. The molecule has 0 aromatic heterocycles. The Morgan fingerprint density at radius 1 is 1.40 bits per heavy atom. The summed E-state index contributed by atoms with van der Waals surface area (Å²) >= 11 is 0. The number of carbonyl (C=O) groups is 2. The van der Waals surface area contributed by atoms with Crippen molar-refractivity contribution in [2.24, 2.45) is 11.0 Å². The molecule has 0 radical (unpaired) electrons. The fourth-order valence-corrected chi connectivity index (χ4v) is 1.78. The number of rotatable bonds is 4. The van der Waals surface area contributed by atoms with Gasteiger partial charge in [-0.15, -0.1) is 0 Å². The van der Waals surface area contributed by atoms with E-state index in [-0.39, 0.29) is 18.4 Å². The summed E-state index contributed by atoms with van der Waals surface area (Å²) in [4.78, 5) is 22.6.